The smallest absolute Gasteiger partial charge is 0.245 e. The van der Waals surface area contributed by atoms with Crippen LogP contribution < -0.4 is 10.6 Å². The molecule has 4 nitrogen and oxygen atoms in total. The van der Waals surface area contributed by atoms with Gasteiger partial charge in [-0.15, -0.1) is 0 Å². The third kappa shape index (κ3) is 2.13. The van der Waals surface area contributed by atoms with Crippen molar-refractivity contribution < 1.29 is 4.79 Å². The average molecular weight is 247 g/mol. The quantitative estimate of drug-likeness (QED) is 0.845. The number of nitrogens with two attached hydrogens (primary N) is 1. The van der Waals surface area contributed by atoms with Gasteiger partial charge in [0.1, 0.15) is 6.04 Å². The number of anilines is 1. The van der Waals surface area contributed by atoms with Crippen LogP contribution in [0.2, 0.25) is 0 Å². The summed E-state index contributed by atoms with van der Waals surface area (Å²) in [5, 5.41) is 0. The van der Waals surface area contributed by atoms with Gasteiger partial charge in [-0.1, -0.05) is 12.1 Å². The summed E-state index contributed by atoms with van der Waals surface area (Å²) in [6.07, 6.45) is 0. The third-order valence-electron chi connectivity index (χ3n) is 3.85. The van der Waals surface area contributed by atoms with Crippen LogP contribution in [0.15, 0.2) is 18.2 Å². The van der Waals surface area contributed by atoms with Gasteiger partial charge in [0, 0.05) is 25.3 Å². The number of nitrogens with zero attached hydrogens (tertiary/aromatic N) is 2. The van der Waals surface area contributed by atoms with Crippen molar-refractivity contribution in [3.05, 3.63) is 29.3 Å². The second-order valence-corrected chi connectivity index (χ2v) is 4.94. The van der Waals surface area contributed by atoms with Gasteiger partial charge in [-0.2, -0.15) is 0 Å². The Hall–Kier alpha value is -1.39. The molecule has 1 unspecified atom stereocenters. The summed E-state index contributed by atoms with van der Waals surface area (Å²) >= 11 is 0. The topological polar surface area (TPSA) is 49.6 Å². The maximum absolute atomic E-state index is 12.4. The summed E-state index contributed by atoms with van der Waals surface area (Å²) < 4.78 is 0. The van der Waals surface area contributed by atoms with Gasteiger partial charge in [0.2, 0.25) is 5.91 Å². The Morgan fingerprint density at radius 2 is 2.06 bits per heavy atom. The lowest BCUT2D eigenvalue weighted by atomic mass is 10.0. The standard InChI is InChI=1S/C14H21N3O/c1-10-5-4-6-12(11(10)2)17-8-7-16(3)13(9-15)14(17)18/h4-6,13H,7-9,15H2,1-3H3. The predicted molar refractivity (Wildman–Crippen MR) is 73.7 cm³/mol. The molecule has 98 valence electrons. The summed E-state index contributed by atoms with van der Waals surface area (Å²) in [6, 6.07) is 5.89. The van der Waals surface area contributed by atoms with E-state index in [-0.39, 0.29) is 11.9 Å². The Kier molecular flexibility index (Phi) is 3.68. The van der Waals surface area contributed by atoms with Gasteiger partial charge < -0.3 is 10.6 Å². The largest absolute Gasteiger partial charge is 0.328 e. The summed E-state index contributed by atoms with van der Waals surface area (Å²) in [5.41, 5.74) is 9.11. The zero-order valence-electron chi connectivity index (χ0n) is 11.3. The molecule has 0 bridgehead atoms. The van der Waals surface area contributed by atoms with Crippen molar-refractivity contribution in [1.82, 2.24) is 4.90 Å². The van der Waals surface area contributed by atoms with Crippen LogP contribution in [-0.2, 0) is 4.79 Å². The molecule has 0 radical (unpaired) electrons. The fraction of sp³-hybridized carbons (Fsp3) is 0.500. The number of hydrogen-bond acceptors (Lipinski definition) is 3. The van der Waals surface area contributed by atoms with E-state index in [9.17, 15) is 4.79 Å². The molecule has 4 heteroatoms. The van der Waals surface area contributed by atoms with E-state index in [0.717, 1.165) is 18.8 Å². The molecule has 1 aromatic carbocycles. The minimum Gasteiger partial charge on any atom is -0.328 e. The molecule has 1 aromatic rings. The first-order valence-corrected chi connectivity index (χ1v) is 6.34. The summed E-state index contributed by atoms with van der Waals surface area (Å²) in [7, 11) is 1.95. The molecule has 0 aliphatic carbocycles. The van der Waals surface area contributed by atoms with Gasteiger partial charge in [-0.3, -0.25) is 9.69 Å². The number of amides is 1. The first-order valence-electron chi connectivity index (χ1n) is 6.34. The molecule has 18 heavy (non-hydrogen) atoms. The lowest BCUT2D eigenvalue weighted by Gasteiger charge is -2.38. The monoisotopic (exact) mass is 247 g/mol. The molecular formula is C14H21N3O. The maximum atomic E-state index is 12.4. The Morgan fingerprint density at radius 1 is 1.33 bits per heavy atom. The molecule has 2 rings (SSSR count). The zero-order chi connectivity index (χ0) is 13.3. The van der Waals surface area contributed by atoms with Crippen LogP contribution in [0, 0.1) is 13.8 Å². The highest BCUT2D eigenvalue weighted by Crippen LogP contribution is 2.25. The number of likely N-dealkylation sites (N-methyl/N-ethyl adjacent to an activating group) is 1. The van der Waals surface area contributed by atoms with Crippen molar-refractivity contribution >= 4 is 11.6 Å². The highest BCUT2D eigenvalue weighted by Gasteiger charge is 2.32. The van der Waals surface area contributed by atoms with Gasteiger partial charge in [-0.25, -0.2) is 0 Å². The molecule has 0 saturated carbocycles. The number of benzene rings is 1. The normalized spacial score (nSPS) is 21.4. The molecule has 1 fully saturated rings. The number of carbonyl (C=O) groups excluding carboxylic acids is 1. The molecule has 1 aliphatic heterocycles. The summed E-state index contributed by atoms with van der Waals surface area (Å²) in [5.74, 6) is 0.111. The minimum atomic E-state index is -0.196. The molecular weight excluding hydrogens is 226 g/mol. The molecule has 1 atom stereocenters. The molecule has 2 N–H and O–H groups in total. The van der Waals surface area contributed by atoms with Crippen LogP contribution >= 0.6 is 0 Å². The molecule has 1 amide bonds. The molecule has 0 spiro atoms. The summed E-state index contributed by atoms with van der Waals surface area (Å²) in [6.45, 7) is 6.10. The van der Waals surface area contributed by atoms with Gasteiger partial charge in [0.15, 0.2) is 0 Å². The lowest BCUT2D eigenvalue weighted by Crippen LogP contribution is -2.58. The van der Waals surface area contributed by atoms with E-state index in [1.165, 1.54) is 11.1 Å². The van der Waals surface area contributed by atoms with Crippen LogP contribution in [-0.4, -0.2) is 43.5 Å². The van der Waals surface area contributed by atoms with Crippen molar-refractivity contribution in [2.75, 3.05) is 31.6 Å². The highest BCUT2D eigenvalue weighted by molar-refractivity contribution is 5.98. The fourth-order valence-corrected chi connectivity index (χ4v) is 2.44. The Bertz CT molecular complexity index is 458. The average Bonchev–Trinajstić information content (AvgIpc) is 2.34. The maximum Gasteiger partial charge on any atom is 0.245 e. The number of piperazine rings is 1. The van der Waals surface area contributed by atoms with E-state index in [1.54, 1.807) is 0 Å². The van der Waals surface area contributed by atoms with Crippen LogP contribution in [0.4, 0.5) is 5.69 Å². The lowest BCUT2D eigenvalue weighted by molar-refractivity contribution is -0.124. The van der Waals surface area contributed by atoms with Gasteiger partial charge in [-0.05, 0) is 38.1 Å². The Balaban J connectivity index is 2.34. The number of rotatable bonds is 2. The summed E-state index contributed by atoms with van der Waals surface area (Å²) in [4.78, 5) is 16.3. The first kappa shape index (κ1) is 13.1. The molecule has 1 aliphatic rings. The molecule has 1 saturated heterocycles. The van der Waals surface area contributed by atoms with Gasteiger partial charge in [0.25, 0.3) is 0 Å². The van der Waals surface area contributed by atoms with Crippen LogP contribution in [0.25, 0.3) is 0 Å². The number of hydrogen-bond donors (Lipinski definition) is 1. The SMILES string of the molecule is Cc1cccc(N2CCN(C)C(CN)C2=O)c1C. The van der Waals surface area contributed by atoms with Crippen molar-refractivity contribution in [3.8, 4) is 0 Å². The van der Waals surface area contributed by atoms with E-state index >= 15 is 0 Å². The Labute approximate surface area is 108 Å². The van der Waals surface area contributed by atoms with Crippen LogP contribution in [0.3, 0.4) is 0 Å². The van der Waals surface area contributed by atoms with Crippen molar-refractivity contribution in [1.29, 1.82) is 0 Å². The van der Waals surface area contributed by atoms with Crippen molar-refractivity contribution in [3.63, 3.8) is 0 Å². The van der Waals surface area contributed by atoms with Gasteiger partial charge >= 0.3 is 0 Å². The van der Waals surface area contributed by atoms with E-state index in [1.807, 2.05) is 29.0 Å². The number of carbonyl (C=O) groups is 1. The minimum absolute atomic E-state index is 0.111. The Morgan fingerprint density at radius 3 is 2.72 bits per heavy atom. The molecule has 1 heterocycles. The highest BCUT2D eigenvalue weighted by atomic mass is 16.2. The molecule has 0 aromatic heterocycles. The first-order chi connectivity index (χ1) is 8.56. The van der Waals surface area contributed by atoms with Gasteiger partial charge in [0.05, 0.1) is 0 Å². The van der Waals surface area contributed by atoms with Crippen LogP contribution in [0.5, 0.6) is 0 Å². The van der Waals surface area contributed by atoms with E-state index in [4.69, 9.17) is 5.73 Å². The van der Waals surface area contributed by atoms with Crippen molar-refractivity contribution in [2.45, 2.75) is 19.9 Å². The second kappa shape index (κ2) is 5.08. The zero-order valence-corrected chi connectivity index (χ0v) is 11.3. The van der Waals surface area contributed by atoms with E-state index < -0.39 is 0 Å². The second-order valence-electron chi connectivity index (χ2n) is 4.94. The van der Waals surface area contributed by atoms with E-state index in [0.29, 0.717) is 6.54 Å². The third-order valence-corrected chi connectivity index (χ3v) is 3.85. The number of aryl methyl sites for hydroxylation is 1. The predicted octanol–water partition coefficient (Wildman–Crippen LogP) is 0.909. The van der Waals surface area contributed by atoms with Crippen LogP contribution in [0.1, 0.15) is 11.1 Å². The van der Waals surface area contributed by atoms with E-state index in [2.05, 4.69) is 19.9 Å². The van der Waals surface area contributed by atoms with Crippen molar-refractivity contribution in [2.24, 2.45) is 5.73 Å². The fourth-order valence-electron chi connectivity index (χ4n) is 2.44.